The minimum absolute atomic E-state index is 0.268. The first-order valence-corrected chi connectivity index (χ1v) is 8.44. The van der Waals surface area contributed by atoms with E-state index in [1.54, 1.807) is 6.07 Å². The van der Waals surface area contributed by atoms with Crippen LogP contribution in [0.25, 0.3) is 32.9 Å². The van der Waals surface area contributed by atoms with Gasteiger partial charge in [0.25, 0.3) is 0 Å². The molecule has 2 heterocycles. The fourth-order valence-corrected chi connectivity index (χ4v) is 3.96. The van der Waals surface area contributed by atoms with E-state index in [0.29, 0.717) is 0 Å². The second kappa shape index (κ2) is 5.93. The summed E-state index contributed by atoms with van der Waals surface area (Å²) in [5.74, 6) is -1.21. The van der Waals surface area contributed by atoms with Gasteiger partial charge in [-0.15, -0.1) is 11.3 Å². The molecule has 0 aliphatic heterocycles. The fraction of sp³-hybridized carbons (Fsp3) is 0. The van der Waals surface area contributed by atoms with E-state index < -0.39 is 5.97 Å². The van der Waals surface area contributed by atoms with Gasteiger partial charge in [-0.05, 0) is 30.3 Å². The highest BCUT2D eigenvalue weighted by Crippen LogP contribution is 2.34. The van der Waals surface area contributed by atoms with Crippen molar-refractivity contribution in [3.05, 3.63) is 71.1 Å². The van der Waals surface area contributed by atoms with E-state index in [9.17, 15) is 4.79 Å². The van der Waals surface area contributed by atoms with Crippen LogP contribution in [0.1, 0.15) is 4.88 Å². The molecule has 0 bridgehead atoms. The lowest BCUT2D eigenvalue weighted by molar-refractivity contribution is -0.132. The lowest BCUT2D eigenvalue weighted by Gasteiger charge is -2.03. The first-order valence-electron chi connectivity index (χ1n) is 7.62. The predicted octanol–water partition coefficient (Wildman–Crippen LogP) is 4.84. The molecule has 0 amide bonds. The number of fused-ring (bicyclic) bond motifs is 3. The number of rotatable bonds is 3. The molecule has 4 aromatic rings. The van der Waals surface area contributed by atoms with Crippen molar-refractivity contribution in [3.63, 3.8) is 0 Å². The number of aliphatic carboxylic acids is 1. The molecule has 0 radical (unpaired) electrons. The first-order chi connectivity index (χ1) is 12.2. The standard InChI is InChI=1S/C20H12N2O2S/c21-12-13(20(23)24)11-14-9-10-19(25-14)22-17-7-3-1-5-15(17)16-6-2-4-8-18(16)22/h1-11H,(H,23,24)/b13-11+. The summed E-state index contributed by atoms with van der Waals surface area (Å²) in [6.45, 7) is 0. The van der Waals surface area contributed by atoms with Crippen LogP contribution in [-0.4, -0.2) is 15.6 Å². The van der Waals surface area contributed by atoms with E-state index >= 15 is 0 Å². The lowest BCUT2D eigenvalue weighted by Crippen LogP contribution is -1.96. The van der Waals surface area contributed by atoms with Gasteiger partial charge in [0, 0.05) is 15.6 Å². The second-order valence-electron chi connectivity index (χ2n) is 5.52. The van der Waals surface area contributed by atoms with Gasteiger partial charge >= 0.3 is 5.97 Å². The van der Waals surface area contributed by atoms with E-state index in [2.05, 4.69) is 28.8 Å². The second-order valence-corrected chi connectivity index (χ2v) is 6.61. The molecule has 0 unspecified atom stereocenters. The number of nitriles is 1. The highest BCUT2D eigenvalue weighted by molar-refractivity contribution is 7.15. The Morgan fingerprint density at radius 1 is 1.00 bits per heavy atom. The number of hydrogen-bond acceptors (Lipinski definition) is 3. The van der Waals surface area contributed by atoms with Crippen molar-refractivity contribution < 1.29 is 9.90 Å². The average molecular weight is 344 g/mol. The molecule has 25 heavy (non-hydrogen) atoms. The van der Waals surface area contributed by atoms with Crippen LogP contribution in [-0.2, 0) is 4.79 Å². The zero-order valence-electron chi connectivity index (χ0n) is 13.0. The number of benzene rings is 2. The molecule has 1 N–H and O–H groups in total. The van der Waals surface area contributed by atoms with Crippen LogP contribution in [0, 0.1) is 11.3 Å². The SMILES string of the molecule is N#C/C(=C\c1ccc(-n2c3ccccc3c3ccccc32)s1)C(=O)O. The van der Waals surface area contributed by atoms with Crippen molar-refractivity contribution in [1.29, 1.82) is 5.26 Å². The van der Waals surface area contributed by atoms with Crippen molar-refractivity contribution in [2.24, 2.45) is 0 Å². The highest BCUT2D eigenvalue weighted by atomic mass is 32.1. The Kier molecular flexibility index (Phi) is 3.60. The summed E-state index contributed by atoms with van der Waals surface area (Å²) < 4.78 is 2.17. The van der Waals surface area contributed by atoms with Gasteiger partial charge in [-0.2, -0.15) is 5.26 Å². The molecule has 0 aliphatic rings. The maximum Gasteiger partial charge on any atom is 0.346 e. The third-order valence-corrected chi connectivity index (χ3v) is 5.07. The van der Waals surface area contributed by atoms with Gasteiger partial charge in [0.2, 0.25) is 0 Å². The third kappa shape index (κ3) is 2.49. The van der Waals surface area contributed by atoms with E-state index in [0.717, 1.165) is 20.9 Å². The number of para-hydroxylation sites is 2. The van der Waals surface area contributed by atoms with Crippen molar-refractivity contribution in [2.75, 3.05) is 0 Å². The van der Waals surface area contributed by atoms with Crippen LogP contribution < -0.4 is 0 Å². The minimum atomic E-state index is -1.21. The Hall–Kier alpha value is -3.36. The number of carboxylic acid groups (broad SMARTS) is 1. The minimum Gasteiger partial charge on any atom is -0.477 e. The molecule has 2 aromatic heterocycles. The topological polar surface area (TPSA) is 66.0 Å². The molecule has 0 saturated carbocycles. The fourth-order valence-electron chi connectivity index (χ4n) is 2.98. The monoisotopic (exact) mass is 344 g/mol. The van der Waals surface area contributed by atoms with Crippen LogP contribution in [0.15, 0.2) is 66.2 Å². The van der Waals surface area contributed by atoms with Crippen molar-refractivity contribution in [3.8, 4) is 11.1 Å². The Bertz CT molecular complexity index is 1140. The lowest BCUT2D eigenvalue weighted by atomic mass is 10.2. The molecular formula is C20H12N2O2S. The summed E-state index contributed by atoms with van der Waals surface area (Å²) in [4.78, 5) is 11.8. The van der Waals surface area contributed by atoms with Crippen molar-refractivity contribution in [1.82, 2.24) is 4.57 Å². The van der Waals surface area contributed by atoms with E-state index in [4.69, 9.17) is 10.4 Å². The van der Waals surface area contributed by atoms with Gasteiger partial charge in [0.15, 0.2) is 0 Å². The summed E-state index contributed by atoms with van der Waals surface area (Å²) in [6, 6.07) is 21.9. The van der Waals surface area contributed by atoms with Crippen LogP contribution in [0.5, 0.6) is 0 Å². The number of carbonyl (C=O) groups is 1. The highest BCUT2D eigenvalue weighted by Gasteiger charge is 2.13. The molecular weight excluding hydrogens is 332 g/mol. The molecule has 0 fully saturated rings. The van der Waals surface area contributed by atoms with Crippen LogP contribution >= 0.6 is 11.3 Å². The number of thiophene rings is 1. The average Bonchev–Trinajstić information content (AvgIpc) is 3.21. The van der Waals surface area contributed by atoms with Gasteiger partial charge in [0.1, 0.15) is 16.6 Å². The van der Waals surface area contributed by atoms with Crippen LogP contribution in [0.4, 0.5) is 0 Å². The van der Waals surface area contributed by atoms with Gasteiger partial charge in [-0.1, -0.05) is 36.4 Å². The van der Waals surface area contributed by atoms with E-state index in [-0.39, 0.29) is 5.57 Å². The predicted molar refractivity (Wildman–Crippen MR) is 99.9 cm³/mol. The zero-order chi connectivity index (χ0) is 17.4. The van der Waals surface area contributed by atoms with Gasteiger partial charge in [0.05, 0.1) is 11.0 Å². The maximum atomic E-state index is 11.0. The summed E-state index contributed by atoms with van der Waals surface area (Å²) >= 11 is 1.45. The molecule has 0 spiro atoms. The Balaban J connectivity index is 1.94. The summed E-state index contributed by atoms with van der Waals surface area (Å²) in [7, 11) is 0. The molecule has 0 aliphatic carbocycles. The molecule has 4 rings (SSSR count). The largest absolute Gasteiger partial charge is 0.477 e. The number of carboxylic acids is 1. The molecule has 4 nitrogen and oxygen atoms in total. The van der Waals surface area contributed by atoms with Gasteiger partial charge in [-0.25, -0.2) is 4.79 Å². The summed E-state index contributed by atoms with van der Waals surface area (Å²) in [5.41, 5.74) is 1.93. The Morgan fingerprint density at radius 2 is 1.60 bits per heavy atom. The number of hydrogen-bond donors (Lipinski definition) is 1. The molecule has 5 heteroatoms. The Morgan fingerprint density at radius 3 is 2.16 bits per heavy atom. The maximum absolute atomic E-state index is 11.0. The van der Waals surface area contributed by atoms with Gasteiger partial charge < -0.3 is 9.67 Å². The number of nitrogens with zero attached hydrogens (tertiary/aromatic N) is 2. The smallest absolute Gasteiger partial charge is 0.346 e. The molecule has 120 valence electrons. The van der Waals surface area contributed by atoms with E-state index in [1.165, 1.54) is 28.2 Å². The van der Waals surface area contributed by atoms with Crippen LogP contribution in [0.3, 0.4) is 0 Å². The summed E-state index contributed by atoms with van der Waals surface area (Å²) in [5, 5.41) is 21.3. The van der Waals surface area contributed by atoms with Crippen molar-refractivity contribution in [2.45, 2.75) is 0 Å². The normalized spacial score (nSPS) is 11.7. The number of aromatic nitrogens is 1. The Labute approximate surface area is 147 Å². The summed E-state index contributed by atoms with van der Waals surface area (Å²) in [6.07, 6.45) is 1.41. The molecule has 2 aromatic carbocycles. The van der Waals surface area contributed by atoms with E-state index in [1.807, 2.05) is 36.4 Å². The van der Waals surface area contributed by atoms with Crippen LogP contribution in [0.2, 0.25) is 0 Å². The van der Waals surface area contributed by atoms with Gasteiger partial charge in [-0.3, -0.25) is 0 Å². The van der Waals surface area contributed by atoms with Crippen molar-refractivity contribution >= 4 is 45.2 Å². The quantitative estimate of drug-likeness (QED) is 0.427. The first kappa shape index (κ1) is 15.2. The zero-order valence-corrected chi connectivity index (χ0v) is 13.8. The third-order valence-electron chi connectivity index (χ3n) is 4.05. The molecule has 0 saturated heterocycles. The molecule has 0 atom stereocenters.